The van der Waals surface area contributed by atoms with Crippen LogP contribution in [0.25, 0.3) is 0 Å². The summed E-state index contributed by atoms with van der Waals surface area (Å²) in [4.78, 5) is 13.9. The molecule has 2 aromatic rings. The molecule has 0 aliphatic heterocycles. The van der Waals surface area contributed by atoms with Gasteiger partial charge in [0.25, 0.3) is 0 Å². The summed E-state index contributed by atoms with van der Waals surface area (Å²) in [6, 6.07) is 7.11. The summed E-state index contributed by atoms with van der Waals surface area (Å²) in [6.45, 7) is 4.89. The molecule has 1 aromatic heterocycles. The molecule has 0 saturated heterocycles. The number of benzene rings is 1. The number of nitrogens with one attached hydrogen (secondary N) is 1. The maximum absolute atomic E-state index is 12.1. The number of hydrogen-bond acceptors (Lipinski definition) is 4. The van der Waals surface area contributed by atoms with Crippen LogP contribution in [0.15, 0.2) is 43.2 Å². The Hall–Kier alpha value is -1.96. The van der Waals surface area contributed by atoms with Gasteiger partial charge in [-0.3, -0.25) is 9.69 Å². The van der Waals surface area contributed by atoms with E-state index in [1.165, 1.54) is 0 Å². The molecule has 1 heterocycles. The Morgan fingerprint density at radius 2 is 2.26 bits per heavy atom. The van der Waals surface area contributed by atoms with Gasteiger partial charge in [-0.2, -0.15) is 5.10 Å². The van der Waals surface area contributed by atoms with Crippen LogP contribution in [-0.4, -0.2) is 38.7 Å². The van der Waals surface area contributed by atoms with Crippen LogP contribution in [0, 0.1) is 4.77 Å². The molecule has 0 spiro atoms. The van der Waals surface area contributed by atoms with Crippen LogP contribution in [0.3, 0.4) is 0 Å². The van der Waals surface area contributed by atoms with E-state index in [2.05, 4.69) is 17.0 Å². The standard InChI is InChI=1S/C15H18ClN5OS/c1-3-8-20-10-17-21(15(20)23)11-19(2)9-14(22)18-13-7-5-4-6-12(13)16/h3-7,10H,1,8-9,11H2,2H3,(H,18,22). The molecule has 122 valence electrons. The Kier molecular flexibility index (Phi) is 6.09. The Balaban J connectivity index is 1.93. The SMILES string of the molecule is C=CCn1cnn(CN(C)CC(=O)Nc2ccccc2Cl)c1=S. The van der Waals surface area contributed by atoms with E-state index in [1.54, 1.807) is 33.8 Å². The lowest BCUT2D eigenvalue weighted by atomic mass is 10.3. The van der Waals surface area contributed by atoms with E-state index in [9.17, 15) is 4.79 Å². The van der Waals surface area contributed by atoms with Crippen molar-refractivity contribution in [2.24, 2.45) is 0 Å². The fraction of sp³-hybridized carbons (Fsp3) is 0.267. The van der Waals surface area contributed by atoms with Crippen molar-refractivity contribution in [1.29, 1.82) is 0 Å². The molecule has 0 aliphatic rings. The van der Waals surface area contributed by atoms with Gasteiger partial charge in [0.2, 0.25) is 5.91 Å². The quantitative estimate of drug-likeness (QED) is 0.615. The molecule has 1 aromatic carbocycles. The Morgan fingerprint density at radius 3 is 2.96 bits per heavy atom. The van der Waals surface area contributed by atoms with Gasteiger partial charge in [0.15, 0.2) is 4.77 Å². The fourth-order valence-corrected chi connectivity index (χ4v) is 2.42. The second-order valence-corrected chi connectivity index (χ2v) is 5.81. The Bertz CT molecular complexity index is 754. The van der Waals surface area contributed by atoms with Crippen molar-refractivity contribution in [3.05, 3.63) is 53.0 Å². The predicted octanol–water partition coefficient (Wildman–Crippen LogP) is 2.78. The number of para-hydroxylation sites is 1. The van der Waals surface area contributed by atoms with Crippen molar-refractivity contribution >= 4 is 35.4 Å². The van der Waals surface area contributed by atoms with Gasteiger partial charge in [-0.05, 0) is 31.4 Å². The van der Waals surface area contributed by atoms with Crippen molar-refractivity contribution in [3.8, 4) is 0 Å². The molecular weight excluding hydrogens is 334 g/mol. The average molecular weight is 352 g/mol. The highest BCUT2D eigenvalue weighted by Gasteiger charge is 2.10. The molecule has 0 bridgehead atoms. The highest BCUT2D eigenvalue weighted by molar-refractivity contribution is 7.71. The van der Waals surface area contributed by atoms with Gasteiger partial charge in [0.05, 0.1) is 23.9 Å². The van der Waals surface area contributed by atoms with E-state index in [-0.39, 0.29) is 12.5 Å². The molecule has 0 unspecified atom stereocenters. The van der Waals surface area contributed by atoms with Crippen LogP contribution in [0.2, 0.25) is 5.02 Å². The zero-order chi connectivity index (χ0) is 16.8. The number of allylic oxidation sites excluding steroid dienone is 1. The first-order valence-electron chi connectivity index (χ1n) is 6.97. The van der Waals surface area contributed by atoms with E-state index in [0.717, 1.165) is 0 Å². The summed E-state index contributed by atoms with van der Waals surface area (Å²) in [5.41, 5.74) is 0.597. The molecule has 0 fully saturated rings. The van der Waals surface area contributed by atoms with Gasteiger partial charge < -0.3 is 9.88 Å². The number of rotatable bonds is 7. The number of amides is 1. The van der Waals surface area contributed by atoms with Crippen LogP contribution in [0.4, 0.5) is 5.69 Å². The van der Waals surface area contributed by atoms with Crippen LogP contribution < -0.4 is 5.32 Å². The number of carbonyl (C=O) groups excluding carboxylic acids is 1. The molecule has 1 amide bonds. The Labute approximate surface area is 145 Å². The smallest absolute Gasteiger partial charge is 0.238 e. The zero-order valence-corrected chi connectivity index (χ0v) is 14.3. The van der Waals surface area contributed by atoms with E-state index < -0.39 is 0 Å². The largest absolute Gasteiger partial charge is 0.324 e. The normalized spacial score (nSPS) is 10.7. The average Bonchev–Trinajstić information content (AvgIpc) is 2.83. The first-order chi connectivity index (χ1) is 11.0. The van der Waals surface area contributed by atoms with Gasteiger partial charge in [-0.25, -0.2) is 4.68 Å². The summed E-state index contributed by atoms with van der Waals surface area (Å²) in [6.07, 6.45) is 3.41. The third-order valence-corrected chi connectivity index (χ3v) is 3.83. The lowest BCUT2D eigenvalue weighted by Crippen LogP contribution is -2.32. The lowest BCUT2D eigenvalue weighted by Gasteiger charge is -2.16. The molecule has 1 N–H and O–H groups in total. The molecule has 2 rings (SSSR count). The minimum atomic E-state index is -0.155. The number of hydrogen-bond donors (Lipinski definition) is 1. The van der Waals surface area contributed by atoms with Gasteiger partial charge in [-0.1, -0.05) is 29.8 Å². The number of aromatic nitrogens is 3. The van der Waals surface area contributed by atoms with Gasteiger partial charge in [-0.15, -0.1) is 6.58 Å². The van der Waals surface area contributed by atoms with E-state index in [4.69, 9.17) is 23.8 Å². The second kappa shape index (κ2) is 8.05. The molecule has 0 atom stereocenters. The monoisotopic (exact) mass is 351 g/mol. The number of nitrogens with zero attached hydrogens (tertiary/aromatic N) is 4. The van der Waals surface area contributed by atoms with Gasteiger partial charge >= 0.3 is 0 Å². The van der Waals surface area contributed by atoms with Gasteiger partial charge in [0, 0.05) is 6.54 Å². The molecule has 6 nitrogen and oxygen atoms in total. The molecule has 0 aliphatic carbocycles. The van der Waals surface area contributed by atoms with Crippen molar-refractivity contribution in [1.82, 2.24) is 19.2 Å². The summed E-state index contributed by atoms with van der Waals surface area (Å²) in [5.74, 6) is -0.155. The maximum atomic E-state index is 12.1. The number of halogens is 1. The third kappa shape index (κ3) is 4.75. The molecule has 23 heavy (non-hydrogen) atoms. The first-order valence-corrected chi connectivity index (χ1v) is 7.76. The van der Waals surface area contributed by atoms with Crippen molar-refractivity contribution < 1.29 is 4.79 Å². The number of anilines is 1. The van der Waals surface area contributed by atoms with Crippen molar-refractivity contribution in [3.63, 3.8) is 0 Å². The summed E-state index contributed by atoms with van der Waals surface area (Å²) >= 11 is 11.3. The zero-order valence-electron chi connectivity index (χ0n) is 12.8. The van der Waals surface area contributed by atoms with Crippen molar-refractivity contribution in [2.75, 3.05) is 18.9 Å². The second-order valence-electron chi connectivity index (χ2n) is 5.04. The maximum Gasteiger partial charge on any atom is 0.238 e. The highest BCUT2D eigenvalue weighted by Crippen LogP contribution is 2.20. The van der Waals surface area contributed by atoms with Crippen LogP contribution in [-0.2, 0) is 18.0 Å². The first kappa shape index (κ1) is 17.4. The lowest BCUT2D eigenvalue weighted by molar-refractivity contribution is -0.117. The number of likely N-dealkylation sites (N-methyl/N-ethyl adjacent to an activating group) is 1. The molecule has 0 saturated carbocycles. The minimum absolute atomic E-state index is 0.155. The fourth-order valence-electron chi connectivity index (χ4n) is 2.01. The van der Waals surface area contributed by atoms with Gasteiger partial charge in [0.1, 0.15) is 6.33 Å². The molecule has 0 radical (unpaired) electrons. The molecular formula is C15H18ClN5OS. The Morgan fingerprint density at radius 1 is 1.52 bits per heavy atom. The predicted molar refractivity (Wildman–Crippen MR) is 94.0 cm³/mol. The highest BCUT2D eigenvalue weighted by atomic mass is 35.5. The van der Waals surface area contributed by atoms with Crippen molar-refractivity contribution in [2.45, 2.75) is 13.2 Å². The third-order valence-electron chi connectivity index (χ3n) is 3.06. The number of carbonyl (C=O) groups is 1. The van der Waals surface area contributed by atoms with Crippen LogP contribution in [0.1, 0.15) is 0 Å². The summed E-state index contributed by atoms with van der Waals surface area (Å²) in [7, 11) is 1.82. The van der Waals surface area contributed by atoms with E-state index in [0.29, 0.717) is 28.7 Å². The minimum Gasteiger partial charge on any atom is -0.324 e. The van der Waals surface area contributed by atoms with Crippen LogP contribution in [0.5, 0.6) is 0 Å². The van der Waals surface area contributed by atoms with E-state index >= 15 is 0 Å². The summed E-state index contributed by atoms with van der Waals surface area (Å²) in [5, 5.41) is 7.50. The van der Waals surface area contributed by atoms with E-state index in [1.807, 2.05) is 24.1 Å². The molecule has 8 heteroatoms. The topological polar surface area (TPSA) is 55.1 Å². The van der Waals surface area contributed by atoms with Crippen LogP contribution >= 0.6 is 23.8 Å². The summed E-state index contributed by atoms with van der Waals surface area (Å²) < 4.78 is 4.05.